The smallest absolute Gasteiger partial charge is 0.0946 e. The van der Waals surface area contributed by atoms with Crippen LogP contribution in [0.3, 0.4) is 0 Å². The van der Waals surface area contributed by atoms with Crippen molar-refractivity contribution in [1.82, 2.24) is 14.9 Å². The van der Waals surface area contributed by atoms with Gasteiger partial charge in [0.25, 0.3) is 0 Å². The number of imidazole rings is 1. The Morgan fingerprint density at radius 2 is 2.12 bits per heavy atom. The maximum atomic E-state index is 4.07. The van der Waals surface area contributed by atoms with Crippen molar-refractivity contribution in [2.24, 2.45) is 5.92 Å². The first-order chi connectivity index (χ1) is 7.74. The minimum absolute atomic E-state index is 0.535. The van der Waals surface area contributed by atoms with Crippen molar-refractivity contribution in [3.8, 4) is 0 Å². The van der Waals surface area contributed by atoms with Gasteiger partial charge >= 0.3 is 0 Å². The third-order valence-corrected chi connectivity index (χ3v) is 3.58. The van der Waals surface area contributed by atoms with Gasteiger partial charge in [-0.15, -0.1) is 0 Å². The molecule has 0 bridgehead atoms. The van der Waals surface area contributed by atoms with E-state index in [4.69, 9.17) is 0 Å². The Hall–Kier alpha value is -0.830. The maximum Gasteiger partial charge on any atom is 0.0946 e. The van der Waals surface area contributed by atoms with E-state index in [2.05, 4.69) is 28.7 Å². The average Bonchev–Trinajstić information content (AvgIpc) is 2.74. The molecule has 1 unspecified atom stereocenters. The molecule has 3 heteroatoms. The molecule has 0 radical (unpaired) electrons. The first-order valence-corrected chi connectivity index (χ1v) is 6.46. The van der Waals surface area contributed by atoms with E-state index in [0.717, 1.165) is 18.5 Å². The summed E-state index contributed by atoms with van der Waals surface area (Å²) in [5.74, 6) is 0.932. The molecule has 1 N–H and O–H groups in total. The average molecular weight is 221 g/mol. The van der Waals surface area contributed by atoms with Crippen LogP contribution in [0.15, 0.2) is 18.7 Å². The van der Waals surface area contributed by atoms with Crippen LogP contribution in [-0.4, -0.2) is 21.6 Å². The van der Waals surface area contributed by atoms with E-state index in [1.54, 1.807) is 0 Å². The predicted molar refractivity (Wildman–Crippen MR) is 66.2 cm³/mol. The van der Waals surface area contributed by atoms with Gasteiger partial charge in [0.1, 0.15) is 0 Å². The summed E-state index contributed by atoms with van der Waals surface area (Å²) in [6, 6.07) is 1.27. The minimum Gasteiger partial charge on any atom is -0.336 e. The van der Waals surface area contributed by atoms with E-state index in [0.29, 0.717) is 6.04 Å². The summed E-state index contributed by atoms with van der Waals surface area (Å²) in [4.78, 5) is 4.07. The van der Waals surface area contributed by atoms with Gasteiger partial charge in [-0.2, -0.15) is 0 Å². The van der Waals surface area contributed by atoms with E-state index < -0.39 is 0 Å². The van der Waals surface area contributed by atoms with Crippen molar-refractivity contribution in [2.45, 2.75) is 58.2 Å². The van der Waals surface area contributed by atoms with E-state index in [1.165, 1.54) is 25.7 Å². The molecule has 1 aromatic rings. The lowest BCUT2D eigenvalue weighted by Gasteiger charge is -2.29. The summed E-state index contributed by atoms with van der Waals surface area (Å²) in [6.07, 6.45) is 11.2. The molecule has 0 saturated heterocycles. The Labute approximate surface area is 98.3 Å². The molecule has 3 nitrogen and oxygen atoms in total. The molecule has 2 rings (SSSR count). The molecular weight excluding hydrogens is 198 g/mol. The largest absolute Gasteiger partial charge is 0.336 e. The lowest BCUT2D eigenvalue weighted by atomic mass is 9.87. The maximum absolute atomic E-state index is 4.07. The molecule has 0 amide bonds. The Morgan fingerprint density at radius 3 is 2.75 bits per heavy atom. The zero-order valence-electron chi connectivity index (χ0n) is 10.4. The molecule has 0 aromatic carbocycles. The summed E-state index contributed by atoms with van der Waals surface area (Å²) in [6.45, 7) is 5.65. The fraction of sp³-hybridized carbons (Fsp3) is 0.769. The fourth-order valence-electron chi connectivity index (χ4n) is 2.59. The fourth-order valence-corrected chi connectivity index (χ4v) is 2.59. The van der Waals surface area contributed by atoms with E-state index in [-0.39, 0.29) is 0 Å². The topological polar surface area (TPSA) is 29.9 Å². The molecule has 0 aliphatic heterocycles. The summed E-state index contributed by atoms with van der Waals surface area (Å²) < 4.78 is 2.14. The van der Waals surface area contributed by atoms with Crippen molar-refractivity contribution in [2.75, 3.05) is 0 Å². The van der Waals surface area contributed by atoms with Gasteiger partial charge in [-0.25, -0.2) is 4.98 Å². The number of hydrogen-bond acceptors (Lipinski definition) is 2. The first kappa shape index (κ1) is 11.6. The second kappa shape index (κ2) is 5.48. The van der Waals surface area contributed by atoms with E-state index in [1.807, 2.05) is 18.7 Å². The number of hydrogen-bond donors (Lipinski definition) is 1. The van der Waals surface area contributed by atoms with Crippen molar-refractivity contribution < 1.29 is 0 Å². The Balaban J connectivity index is 1.72. The zero-order chi connectivity index (χ0) is 11.4. The van der Waals surface area contributed by atoms with Crippen molar-refractivity contribution in [3.63, 3.8) is 0 Å². The third kappa shape index (κ3) is 3.34. The lowest BCUT2D eigenvalue weighted by Crippen LogP contribution is -2.40. The highest BCUT2D eigenvalue weighted by Crippen LogP contribution is 2.23. The van der Waals surface area contributed by atoms with Crippen molar-refractivity contribution in [1.29, 1.82) is 0 Å². The first-order valence-electron chi connectivity index (χ1n) is 6.46. The van der Waals surface area contributed by atoms with Crippen molar-refractivity contribution in [3.05, 3.63) is 18.7 Å². The molecule has 1 heterocycles. The van der Waals surface area contributed by atoms with Crippen LogP contribution in [0.4, 0.5) is 0 Å². The number of nitrogens with zero attached hydrogens (tertiary/aromatic N) is 2. The Kier molecular flexibility index (Phi) is 3.99. The number of aromatic nitrogens is 2. The summed E-state index contributed by atoms with van der Waals surface area (Å²) in [5.41, 5.74) is 0. The second-order valence-electron chi connectivity index (χ2n) is 5.28. The highest BCUT2D eigenvalue weighted by molar-refractivity contribution is 4.80. The molecule has 1 atom stereocenters. The minimum atomic E-state index is 0.535. The second-order valence-corrected chi connectivity index (χ2v) is 5.28. The standard InChI is InChI=1S/C13H23N3/c1-11-3-5-13(6-4-11)15-12(2)9-16-8-7-14-10-16/h7-8,10-13,15H,3-6,9H2,1-2H3. The van der Waals surface area contributed by atoms with Crippen LogP contribution < -0.4 is 5.32 Å². The molecule has 1 aliphatic carbocycles. The van der Waals surface area contributed by atoms with Crippen LogP contribution in [0.5, 0.6) is 0 Å². The lowest BCUT2D eigenvalue weighted by molar-refractivity contribution is 0.282. The predicted octanol–water partition coefficient (Wildman–Crippen LogP) is 2.44. The SMILES string of the molecule is CC1CCC(NC(C)Cn2ccnc2)CC1. The molecule has 90 valence electrons. The van der Waals surface area contributed by atoms with E-state index >= 15 is 0 Å². The normalized spacial score (nSPS) is 27.9. The molecule has 1 fully saturated rings. The molecular formula is C13H23N3. The van der Waals surface area contributed by atoms with Gasteiger partial charge in [0, 0.05) is 31.0 Å². The van der Waals surface area contributed by atoms with Crippen molar-refractivity contribution >= 4 is 0 Å². The quantitative estimate of drug-likeness (QED) is 0.846. The van der Waals surface area contributed by atoms with Crippen LogP contribution in [0, 0.1) is 5.92 Å². The summed E-state index contributed by atoms with van der Waals surface area (Å²) >= 11 is 0. The summed E-state index contributed by atoms with van der Waals surface area (Å²) in [7, 11) is 0. The van der Waals surface area contributed by atoms with E-state index in [9.17, 15) is 0 Å². The molecule has 0 spiro atoms. The van der Waals surface area contributed by atoms with Crippen LogP contribution in [0.1, 0.15) is 39.5 Å². The van der Waals surface area contributed by atoms with Gasteiger partial charge in [-0.1, -0.05) is 6.92 Å². The van der Waals surface area contributed by atoms with Gasteiger partial charge in [-0.05, 0) is 38.5 Å². The monoisotopic (exact) mass is 221 g/mol. The van der Waals surface area contributed by atoms with Crippen LogP contribution in [0.2, 0.25) is 0 Å². The van der Waals surface area contributed by atoms with Crippen LogP contribution in [-0.2, 0) is 6.54 Å². The highest BCUT2D eigenvalue weighted by atomic mass is 15.1. The molecule has 1 aliphatic rings. The molecule has 1 saturated carbocycles. The van der Waals surface area contributed by atoms with Gasteiger partial charge < -0.3 is 9.88 Å². The molecule has 16 heavy (non-hydrogen) atoms. The zero-order valence-corrected chi connectivity index (χ0v) is 10.4. The van der Waals surface area contributed by atoms with Crippen LogP contribution in [0.25, 0.3) is 0 Å². The van der Waals surface area contributed by atoms with Gasteiger partial charge in [-0.3, -0.25) is 0 Å². The highest BCUT2D eigenvalue weighted by Gasteiger charge is 2.19. The Bertz CT molecular complexity index is 286. The van der Waals surface area contributed by atoms with Crippen LogP contribution >= 0.6 is 0 Å². The number of rotatable bonds is 4. The van der Waals surface area contributed by atoms with Gasteiger partial charge in [0.15, 0.2) is 0 Å². The van der Waals surface area contributed by atoms with Gasteiger partial charge in [0.05, 0.1) is 6.33 Å². The third-order valence-electron chi connectivity index (χ3n) is 3.58. The van der Waals surface area contributed by atoms with Gasteiger partial charge in [0.2, 0.25) is 0 Å². The summed E-state index contributed by atoms with van der Waals surface area (Å²) in [5, 5.41) is 3.73. The molecule has 1 aromatic heterocycles. The number of nitrogens with one attached hydrogen (secondary N) is 1. The Morgan fingerprint density at radius 1 is 1.38 bits per heavy atom.